The molecular weight excluding hydrogens is 235 g/mol. The van der Waals surface area contributed by atoms with Crippen molar-refractivity contribution >= 4 is 17.1 Å². The van der Waals surface area contributed by atoms with E-state index in [2.05, 4.69) is 0 Å². The van der Waals surface area contributed by atoms with Gasteiger partial charge in [0.25, 0.3) is 0 Å². The van der Waals surface area contributed by atoms with Crippen LogP contribution in [0, 0.1) is 19.7 Å². The Labute approximate surface area is 104 Å². The molecule has 2 rings (SSSR count). The molecule has 1 nitrogen and oxygen atoms in total. The van der Waals surface area contributed by atoms with Gasteiger partial charge in [-0.3, -0.25) is 4.79 Å². The molecule has 1 aromatic carbocycles. The van der Waals surface area contributed by atoms with Crippen molar-refractivity contribution in [2.75, 3.05) is 0 Å². The summed E-state index contributed by atoms with van der Waals surface area (Å²) in [6, 6.07) is 8.09. The van der Waals surface area contributed by atoms with Crippen molar-refractivity contribution in [3.63, 3.8) is 0 Å². The third kappa shape index (κ3) is 2.80. The van der Waals surface area contributed by atoms with Crippen molar-refractivity contribution in [3.05, 3.63) is 57.0 Å². The molecule has 0 saturated heterocycles. The van der Waals surface area contributed by atoms with Crippen LogP contribution in [0.25, 0.3) is 0 Å². The van der Waals surface area contributed by atoms with Gasteiger partial charge in [-0.05, 0) is 43.2 Å². The van der Waals surface area contributed by atoms with Gasteiger partial charge >= 0.3 is 0 Å². The molecule has 0 saturated carbocycles. The molecule has 0 radical (unpaired) electrons. The second kappa shape index (κ2) is 4.80. The highest BCUT2D eigenvalue weighted by Crippen LogP contribution is 2.22. The number of aryl methyl sites for hydroxylation is 2. The van der Waals surface area contributed by atoms with E-state index in [4.69, 9.17) is 0 Å². The molecule has 17 heavy (non-hydrogen) atoms. The van der Waals surface area contributed by atoms with Gasteiger partial charge in [0.15, 0.2) is 5.78 Å². The SMILES string of the molecule is Cc1cc(C(=O)Cc2cccc(F)c2)sc1C. The lowest BCUT2D eigenvalue weighted by Crippen LogP contribution is -2.01. The minimum absolute atomic E-state index is 0.0526. The first-order valence-corrected chi connectivity index (χ1v) is 6.22. The van der Waals surface area contributed by atoms with E-state index in [1.807, 2.05) is 19.9 Å². The highest BCUT2D eigenvalue weighted by Gasteiger charge is 2.11. The molecule has 3 heteroatoms. The smallest absolute Gasteiger partial charge is 0.177 e. The number of hydrogen-bond acceptors (Lipinski definition) is 2. The third-order valence-corrected chi connectivity index (χ3v) is 3.89. The van der Waals surface area contributed by atoms with Crippen LogP contribution in [-0.4, -0.2) is 5.78 Å². The van der Waals surface area contributed by atoms with Gasteiger partial charge in [0.05, 0.1) is 4.88 Å². The van der Waals surface area contributed by atoms with Gasteiger partial charge in [0, 0.05) is 11.3 Å². The molecule has 0 spiro atoms. The van der Waals surface area contributed by atoms with Gasteiger partial charge in [0.1, 0.15) is 5.82 Å². The molecule has 0 aliphatic carbocycles. The van der Waals surface area contributed by atoms with Crippen LogP contribution in [-0.2, 0) is 6.42 Å². The lowest BCUT2D eigenvalue weighted by atomic mass is 10.1. The maximum absolute atomic E-state index is 13.0. The van der Waals surface area contributed by atoms with Crippen molar-refractivity contribution < 1.29 is 9.18 Å². The lowest BCUT2D eigenvalue weighted by Gasteiger charge is -1.99. The molecule has 0 N–H and O–H groups in total. The van der Waals surface area contributed by atoms with Crippen LogP contribution in [0.3, 0.4) is 0 Å². The number of thiophene rings is 1. The number of hydrogen-bond donors (Lipinski definition) is 0. The van der Waals surface area contributed by atoms with Crippen LogP contribution in [0.4, 0.5) is 4.39 Å². The lowest BCUT2D eigenvalue weighted by molar-refractivity contribution is 0.0997. The Hall–Kier alpha value is -1.48. The van der Waals surface area contributed by atoms with Crippen LogP contribution < -0.4 is 0 Å². The molecule has 0 fully saturated rings. The first-order valence-electron chi connectivity index (χ1n) is 5.41. The third-order valence-electron chi connectivity index (χ3n) is 2.69. The number of carbonyl (C=O) groups excluding carboxylic acids is 1. The van der Waals surface area contributed by atoms with Gasteiger partial charge in [-0.15, -0.1) is 11.3 Å². The minimum atomic E-state index is -0.297. The zero-order valence-corrected chi connectivity index (χ0v) is 10.6. The average molecular weight is 248 g/mol. The fourth-order valence-electron chi connectivity index (χ4n) is 1.63. The summed E-state index contributed by atoms with van der Waals surface area (Å²) >= 11 is 1.50. The van der Waals surface area contributed by atoms with Gasteiger partial charge < -0.3 is 0 Å². The molecular formula is C14H13FOS. The second-order valence-electron chi connectivity index (χ2n) is 4.08. The Morgan fingerprint density at radius 1 is 1.29 bits per heavy atom. The van der Waals surface area contributed by atoms with E-state index in [1.165, 1.54) is 23.5 Å². The van der Waals surface area contributed by atoms with Gasteiger partial charge in [0.2, 0.25) is 0 Å². The molecule has 2 aromatic rings. The maximum atomic E-state index is 13.0. The van der Waals surface area contributed by atoms with Crippen molar-refractivity contribution in [1.82, 2.24) is 0 Å². The van der Waals surface area contributed by atoms with E-state index in [0.717, 1.165) is 20.9 Å². The first-order chi connectivity index (χ1) is 8.06. The van der Waals surface area contributed by atoms with E-state index >= 15 is 0 Å². The quantitative estimate of drug-likeness (QED) is 0.752. The Bertz CT molecular complexity index is 538. The van der Waals surface area contributed by atoms with Gasteiger partial charge in [-0.25, -0.2) is 4.39 Å². The zero-order valence-electron chi connectivity index (χ0n) is 9.79. The van der Waals surface area contributed by atoms with Crippen LogP contribution in [0.15, 0.2) is 30.3 Å². The van der Waals surface area contributed by atoms with Crippen molar-refractivity contribution in [2.45, 2.75) is 20.3 Å². The largest absolute Gasteiger partial charge is 0.293 e. The number of Topliss-reactive ketones (excluding diaryl/α,β-unsaturated/α-hetero) is 1. The molecule has 0 aliphatic rings. The maximum Gasteiger partial charge on any atom is 0.177 e. The Morgan fingerprint density at radius 2 is 2.06 bits per heavy atom. The predicted octanol–water partition coefficient (Wildman–Crippen LogP) is 3.93. The summed E-state index contributed by atoms with van der Waals surface area (Å²) in [5.41, 5.74) is 1.86. The number of halogens is 1. The molecule has 88 valence electrons. The van der Waals surface area contributed by atoms with Gasteiger partial charge in [-0.2, -0.15) is 0 Å². The summed E-state index contributed by atoms with van der Waals surface area (Å²) in [6.07, 6.45) is 0.261. The van der Waals surface area contributed by atoms with E-state index in [9.17, 15) is 9.18 Å². The Balaban J connectivity index is 2.17. The summed E-state index contributed by atoms with van der Waals surface area (Å²) in [5, 5.41) is 0. The number of carbonyl (C=O) groups is 1. The van der Waals surface area contributed by atoms with Crippen molar-refractivity contribution in [2.24, 2.45) is 0 Å². The Morgan fingerprint density at radius 3 is 2.65 bits per heavy atom. The molecule has 1 aromatic heterocycles. The summed E-state index contributed by atoms with van der Waals surface area (Å²) < 4.78 is 13.0. The second-order valence-corrected chi connectivity index (χ2v) is 5.34. The van der Waals surface area contributed by atoms with E-state index in [-0.39, 0.29) is 18.0 Å². The van der Waals surface area contributed by atoms with Crippen LogP contribution in [0.5, 0.6) is 0 Å². The summed E-state index contributed by atoms with van der Waals surface area (Å²) in [6.45, 7) is 3.99. The highest BCUT2D eigenvalue weighted by molar-refractivity contribution is 7.14. The van der Waals surface area contributed by atoms with Crippen LogP contribution in [0.2, 0.25) is 0 Å². The first kappa shape index (κ1) is 12.0. The standard InChI is InChI=1S/C14H13FOS/c1-9-6-14(17-10(9)2)13(16)8-11-4-3-5-12(15)7-11/h3-7H,8H2,1-2H3. The highest BCUT2D eigenvalue weighted by atomic mass is 32.1. The predicted molar refractivity (Wildman–Crippen MR) is 68.2 cm³/mol. The average Bonchev–Trinajstić information content (AvgIpc) is 2.59. The van der Waals surface area contributed by atoms with E-state index in [0.29, 0.717) is 0 Å². The van der Waals surface area contributed by atoms with E-state index < -0.39 is 0 Å². The van der Waals surface area contributed by atoms with Gasteiger partial charge in [-0.1, -0.05) is 12.1 Å². The number of benzene rings is 1. The Kier molecular flexibility index (Phi) is 3.38. The van der Waals surface area contributed by atoms with Crippen LogP contribution >= 0.6 is 11.3 Å². The molecule has 0 bridgehead atoms. The summed E-state index contributed by atoms with van der Waals surface area (Å²) in [7, 11) is 0. The number of rotatable bonds is 3. The monoisotopic (exact) mass is 248 g/mol. The van der Waals surface area contributed by atoms with E-state index in [1.54, 1.807) is 12.1 Å². The zero-order chi connectivity index (χ0) is 12.4. The number of ketones is 1. The molecule has 0 aliphatic heterocycles. The summed E-state index contributed by atoms with van der Waals surface area (Å²) in [4.78, 5) is 13.9. The fourth-order valence-corrected chi connectivity index (χ4v) is 2.60. The summed E-state index contributed by atoms with van der Waals surface area (Å²) in [5.74, 6) is -0.245. The molecule has 0 atom stereocenters. The topological polar surface area (TPSA) is 17.1 Å². The molecule has 1 heterocycles. The molecule has 0 unspecified atom stereocenters. The minimum Gasteiger partial charge on any atom is -0.293 e. The normalized spacial score (nSPS) is 10.5. The van der Waals surface area contributed by atoms with Crippen LogP contribution in [0.1, 0.15) is 25.7 Å². The fraction of sp³-hybridized carbons (Fsp3) is 0.214. The van der Waals surface area contributed by atoms with Crippen molar-refractivity contribution in [1.29, 1.82) is 0 Å². The van der Waals surface area contributed by atoms with Crippen molar-refractivity contribution in [3.8, 4) is 0 Å². The molecule has 0 amide bonds.